The molecule has 0 saturated heterocycles. The van der Waals surface area contributed by atoms with E-state index < -0.39 is 0 Å². The summed E-state index contributed by atoms with van der Waals surface area (Å²) in [6.07, 6.45) is 3.52. The van der Waals surface area contributed by atoms with Crippen molar-refractivity contribution in [2.75, 3.05) is 11.9 Å². The Balaban J connectivity index is 2.15. The molecule has 1 nitrogen and oxygen atoms in total. The van der Waals surface area contributed by atoms with Crippen molar-refractivity contribution >= 4 is 27.5 Å². The van der Waals surface area contributed by atoms with E-state index in [4.69, 9.17) is 16.3 Å². The highest BCUT2D eigenvalue weighted by Crippen LogP contribution is 2.15. The normalized spacial score (nSPS) is 10.1. The predicted molar refractivity (Wildman–Crippen MR) is 64.6 cm³/mol. The molecule has 0 aliphatic heterocycles. The Morgan fingerprint density at radius 2 is 1.79 bits per heavy atom. The van der Waals surface area contributed by atoms with Crippen LogP contribution in [0.4, 0.5) is 0 Å². The molecule has 0 aliphatic carbocycles. The van der Waals surface area contributed by atoms with Gasteiger partial charge in [0.1, 0.15) is 5.75 Å². The third kappa shape index (κ3) is 4.87. The molecule has 0 atom stereocenters. The lowest BCUT2D eigenvalue weighted by molar-refractivity contribution is 0.306. The van der Waals surface area contributed by atoms with Crippen molar-refractivity contribution in [2.24, 2.45) is 0 Å². The molecule has 0 amide bonds. The van der Waals surface area contributed by atoms with E-state index in [0.717, 1.165) is 29.1 Å². The van der Waals surface area contributed by atoms with Gasteiger partial charge in [-0.2, -0.15) is 0 Å². The second-order valence-electron chi connectivity index (χ2n) is 3.05. The minimum Gasteiger partial charge on any atom is -0.494 e. The molecule has 0 N–H and O–H groups in total. The van der Waals surface area contributed by atoms with Crippen LogP contribution in [0.25, 0.3) is 0 Å². The number of hydrogen-bond donors (Lipinski definition) is 0. The molecule has 0 spiro atoms. The van der Waals surface area contributed by atoms with Crippen LogP contribution in [0.2, 0.25) is 5.02 Å². The van der Waals surface area contributed by atoms with E-state index in [1.165, 1.54) is 12.8 Å². The van der Waals surface area contributed by atoms with Gasteiger partial charge < -0.3 is 4.74 Å². The van der Waals surface area contributed by atoms with E-state index in [2.05, 4.69) is 15.9 Å². The minimum absolute atomic E-state index is 0.747. The van der Waals surface area contributed by atoms with Gasteiger partial charge in [0.05, 0.1) is 6.61 Å². The first-order valence-corrected chi connectivity index (χ1v) is 6.27. The van der Waals surface area contributed by atoms with Crippen molar-refractivity contribution in [3.05, 3.63) is 29.3 Å². The van der Waals surface area contributed by atoms with E-state index in [0.29, 0.717) is 0 Å². The van der Waals surface area contributed by atoms with Crippen LogP contribution in [0.5, 0.6) is 5.75 Å². The van der Waals surface area contributed by atoms with Crippen molar-refractivity contribution in [2.45, 2.75) is 19.3 Å². The molecule has 0 fully saturated rings. The van der Waals surface area contributed by atoms with Crippen LogP contribution in [0, 0.1) is 0 Å². The third-order valence-corrected chi connectivity index (χ3v) is 2.67. The summed E-state index contributed by atoms with van der Waals surface area (Å²) in [5.41, 5.74) is 0. The van der Waals surface area contributed by atoms with E-state index in [9.17, 15) is 0 Å². The van der Waals surface area contributed by atoms with Gasteiger partial charge in [0.2, 0.25) is 0 Å². The molecule has 3 heteroatoms. The molecule has 0 saturated carbocycles. The Bertz CT molecular complexity index is 248. The van der Waals surface area contributed by atoms with Gasteiger partial charge in [-0.15, -0.1) is 0 Å². The van der Waals surface area contributed by atoms with Crippen LogP contribution in [0.3, 0.4) is 0 Å². The second kappa shape index (κ2) is 7.13. The standard InChI is InChI=1S/C11H14BrClO/c12-8-2-1-3-9-14-11-6-4-10(13)5-7-11/h4-7H,1-3,8-9H2. The van der Waals surface area contributed by atoms with Gasteiger partial charge in [0.15, 0.2) is 0 Å². The molecule has 14 heavy (non-hydrogen) atoms. The van der Waals surface area contributed by atoms with Crippen molar-refractivity contribution in [3.63, 3.8) is 0 Å². The van der Waals surface area contributed by atoms with E-state index >= 15 is 0 Å². The molecule has 0 aliphatic rings. The van der Waals surface area contributed by atoms with Gasteiger partial charge in [-0.1, -0.05) is 27.5 Å². The lowest BCUT2D eigenvalue weighted by Gasteiger charge is -2.05. The Hall–Kier alpha value is -0.210. The predicted octanol–water partition coefficient (Wildman–Crippen LogP) is 4.28. The third-order valence-electron chi connectivity index (χ3n) is 1.86. The lowest BCUT2D eigenvalue weighted by atomic mass is 10.3. The van der Waals surface area contributed by atoms with Crippen LogP contribution in [0.15, 0.2) is 24.3 Å². The number of unbranched alkanes of at least 4 members (excludes halogenated alkanes) is 2. The fraction of sp³-hybridized carbons (Fsp3) is 0.455. The average molecular weight is 278 g/mol. The number of alkyl halides is 1. The number of rotatable bonds is 6. The van der Waals surface area contributed by atoms with Crippen molar-refractivity contribution in [3.8, 4) is 5.75 Å². The number of benzene rings is 1. The first-order chi connectivity index (χ1) is 6.83. The fourth-order valence-corrected chi connectivity index (χ4v) is 1.62. The molecule has 0 heterocycles. The van der Waals surface area contributed by atoms with Gasteiger partial charge in [-0.05, 0) is 43.5 Å². The van der Waals surface area contributed by atoms with Gasteiger partial charge >= 0.3 is 0 Å². The van der Waals surface area contributed by atoms with Crippen LogP contribution >= 0.6 is 27.5 Å². The van der Waals surface area contributed by atoms with E-state index in [-0.39, 0.29) is 0 Å². The fourth-order valence-electron chi connectivity index (χ4n) is 1.09. The monoisotopic (exact) mass is 276 g/mol. The molecular formula is C11H14BrClO. The highest BCUT2D eigenvalue weighted by Gasteiger charge is 1.93. The van der Waals surface area contributed by atoms with Gasteiger partial charge in [0.25, 0.3) is 0 Å². The maximum Gasteiger partial charge on any atom is 0.119 e. The smallest absolute Gasteiger partial charge is 0.119 e. The molecule has 0 aromatic heterocycles. The van der Waals surface area contributed by atoms with Crippen molar-refractivity contribution in [1.82, 2.24) is 0 Å². The zero-order valence-corrected chi connectivity index (χ0v) is 10.4. The second-order valence-corrected chi connectivity index (χ2v) is 4.28. The Labute approximate surface area is 98.5 Å². The van der Waals surface area contributed by atoms with Gasteiger partial charge in [0, 0.05) is 10.4 Å². The van der Waals surface area contributed by atoms with Crippen LogP contribution in [-0.2, 0) is 0 Å². The number of halogens is 2. The molecule has 1 aromatic rings. The van der Waals surface area contributed by atoms with Gasteiger partial charge in [-0.25, -0.2) is 0 Å². The Kier molecular flexibility index (Phi) is 6.04. The lowest BCUT2D eigenvalue weighted by Crippen LogP contribution is -1.96. The van der Waals surface area contributed by atoms with Crippen LogP contribution in [0.1, 0.15) is 19.3 Å². The molecule has 0 bridgehead atoms. The van der Waals surface area contributed by atoms with Crippen LogP contribution < -0.4 is 4.74 Å². The summed E-state index contributed by atoms with van der Waals surface area (Å²) in [6, 6.07) is 7.48. The highest BCUT2D eigenvalue weighted by atomic mass is 79.9. The highest BCUT2D eigenvalue weighted by molar-refractivity contribution is 9.09. The first-order valence-electron chi connectivity index (χ1n) is 4.77. The van der Waals surface area contributed by atoms with Crippen molar-refractivity contribution in [1.29, 1.82) is 0 Å². The molecule has 1 aromatic carbocycles. The zero-order chi connectivity index (χ0) is 10.2. The summed E-state index contributed by atoms with van der Waals surface area (Å²) in [7, 11) is 0. The minimum atomic E-state index is 0.747. The largest absolute Gasteiger partial charge is 0.494 e. The van der Waals surface area contributed by atoms with E-state index in [1.54, 1.807) is 0 Å². The average Bonchev–Trinajstić information content (AvgIpc) is 2.21. The quantitative estimate of drug-likeness (QED) is 0.557. The maximum atomic E-state index is 5.75. The molecule has 0 radical (unpaired) electrons. The van der Waals surface area contributed by atoms with Gasteiger partial charge in [-0.3, -0.25) is 0 Å². The van der Waals surface area contributed by atoms with Crippen LogP contribution in [-0.4, -0.2) is 11.9 Å². The summed E-state index contributed by atoms with van der Waals surface area (Å²) < 4.78 is 5.53. The molecular weight excluding hydrogens is 263 g/mol. The first kappa shape index (κ1) is 11.9. The summed E-state index contributed by atoms with van der Waals surface area (Å²) >= 11 is 9.15. The maximum absolute atomic E-state index is 5.75. The Morgan fingerprint density at radius 3 is 2.43 bits per heavy atom. The zero-order valence-electron chi connectivity index (χ0n) is 8.01. The summed E-state index contributed by atoms with van der Waals surface area (Å²) in [5.74, 6) is 0.897. The molecule has 1 rings (SSSR count). The summed E-state index contributed by atoms with van der Waals surface area (Å²) in [4.78, 5) is 0. The Morgan fingerprint density at radius 1 is 1.07 bits per heavy atom. The number of ether oxygens (including phenoxy) is 1. The van der Waals surface area contributed by atoms with Crippen molar-refractivity contribution < 1.29 is 4.74 Å². The topological polar surface area (TPSA) is 9.23 Å². The SMILES string of the molecule is Clc1ccc(OCCCCCBr)cc1. The summed E-state index contributed by atoms with van der Waals surface area (Å²) in [6.45, 7) is 0.786. The number of hydrogen-bond acceptors (Lipinski definition) is 1. The van der Waals surface area contributed by atoms with E-state index in [1.807, 2.05) is 24.3 Å². The molecule has 0 unspecified atom stereocenters. The molecule has 78 valence electrons. The summed E-state index contributed by atoms with van der Waals surface area (Å²) in [5, 5.41) is 1.82.